The van der Waals surface area contributed by atoms with Crippen LogP contribution in [-0.2, 0) is 12.8 Å². The standard InChI is InChI=1S/C12H12ClN3O2S/c1-7-14-15-12(16(7)2)19-6-9-4-3-8(11(17)18)5-10(9)13/h3-5H,6H2,1-2H3,(H,17,18). The number of aryl methyl sites for hydroxylation is 1. The Kier molecular flexibility index (Phi) is 4.11. The van der Waals surface area contributed by atoms with E-state index in [1.807, 2.05) is 18.5 Å². The van der Waals surface area contributed by atoms with E-state index in [2.05, 4.69) is 10.2 Å². The molecule has 0 amide bonds. The van der Waals surface area contributed by atoms with Gasteiger partial charge < -0.3 is 9.67 Å². The van der Waals surface area contributed by atoms with E-state index in [0.717, 1.165) is 16.5 Å². The molecular formula is C12H12ClN3O2S. The zero-order valence-electron chi connectivity index (χ0n) is 10.4. The van der Waals surface area contributed by atoms with Crippen molar-refractivity contribution in [2.75, 3.05) is 0 Å². The van der Waals surface area contributed by atoms with Crippen LogP contribution in [0.25, 0.3) is 0 Å². The van der Waals surface area contributed by atoms with E-state index in [0.29, 0.717) is 10.8 Å². The van der Waals surface area contributed by atoms with Gasteiger partial charge in [0.15, 0.2) is 5.16 Å². The summed E-state index contributed by atoms with van der Waals surface area (Å²) in [6.45, 7) is 1.88. The molecule has 7 heteroatoms. The number of carboxylic acids is 1. The van der Waals surface area contributed by atoms with Gasteiger partial charge in [-0.25, -0.2) is 4.79 Å². The molecule has 2 aromatic rings. The summed E-state index contributed by atoms with van der Waals surface area (Å²) in [6, 6.07) is 4.73. The molecule has 1 aromatic carbocycles. The Morgan fingerprint density at radius 2 is 2.21 bits per heavy atom. The topological polar surface area (TPSA) is 68.0 Å². The molecule has 2 rings (SSSR count). The smallest absolute Gasteiger partial charge is 0.335 e. The second-order valence-corrected chi connectivity index (χ2v) is 5.34. The molecule has 0 unspecified atom stereocenters. The van der Waals surface area contributed by atoms with Crippen molar-refractivity contribution in [2.24, 2.45) is 7.05 Å². The number of thioether (sulfide) groups is 1. The summed E-state index contributed by atoms with van der Waals surface area (Å²) < 4.78 is 1.89. The van der Waals surface area contributed by atoms with Gasteiger partial charge in [-0.3, -0.25) is 0 Å². The van der Waals surface area contributed by atoms with Crippen molar-refractivity contribution in [3.05, 3.63) is 40.2 Å². The van der Waals surface area contributed by atoms with E-state index in [1.165, 1.54) is 17.8 Å². The van der Waals surface area contributed by atoms with Crippen LogP contribution in [0, 0.1) is 6.92 Å². The summed E-state index contributed by atoms with van der Waals surface area (Å²) in [5.74, 6) is 0.477. The molecule has 0 aliphatic carbocycles. The minimum Gasteiger partial charge on any atom is -0.478 e. The molecule has 0 saturated heterocycles. The van der Waals surface area contributed by atoms with Crippen LogP contribution in [0.15, 0.2) is 23.4 Å². The van der Waals surface area contributed by atoms with Crippen LogP contribution < -0.4 is 0 Å². The molecule has 0 aliphatic rings. The van der Waals surface area contributed by atoms with E-state index >= 15 is 0 Å². The van der Waals surface area contributed by atoms with Gasteiger partial charge in [-0.15, -0.1) is 10.2 Å². The molecule has 0 saturated carbocycles. The molecule has 0 spiro atoms. The highest BCUT2D eigenvalue weighted by molar-refractivity contribution is 7.98. The SMILES string of the molecule is Cc1nnc(SCc2ccc(C(=O)O)cc2Cl)n1C. The number of rotatable bonds is 4. The first-order valence-corrected chi connectivity index (χ1v) is 6.86. The second-order valence-electron chi connectivity index (χ2n) is 3.99. The predicted octanol–water partition coefficient (Wildman–Crippen LogP) is 2.77. The van der Waals surface area contributed by atoms with Crippen molar-refractivity contribution in [1.82, 2.24) is 14.8 Å². The Morgan fingerprint density at radius 3 is 2.74 bits per heavy atom. The lowest BCUT2D eigenvalue weighted by atomic mass is 10.1. The highest BCUT2D eigenvalue weighted by Crippen LogP contribution is 2.26. The van der Waals surface area contributed by atoms with Gasteiger partial charge >= 0.3 is 5.97 Å². The Morgan fingerprint density at radius 1 is 1.47 bits per heavy atom. The number of aromatic carboxylic acids is 1. The average Bonchev–Trinajstić information content (AvgIpc) is 2.68. The van der Waals surface area contributed by atoms with E-state index in [4.69, 9.17) is 16.7 Å². The van der Waals surface area contributed by atoms with Crippen LogP contribution >= 0.6 is 23.4 Å². The second kappa shape index (κ2) is 5.63. The number of benzene rings is 1. The quantitative estimate of drug-likeness (QED) is 0.879. The van der Waals surface area contributed by atoms with Crippen molar-refractivity contribution < 1.29 is 9.90 Å². The number of hydrogen-bond acceptors (Lipinski definition) is 4. The van der Waals surface area contributed by atoms with Gasteiger partial charge in [-0.2, -0.15) is 0 Å². The van der Waals surface area contributed by atoms with Gasteiger partial charge in [-0.1, -0.05) is 29.4 Å². The molecule has 100 valence electrons. The summed E-state index contributed by atoms with van der Waals surface area (Å²) in [4.78, 5) is 10.8. The van der Waals surface area contributed by atoms with Crippen molar-refractivity contribution in [1.29, 1.82) is 0 Å². The van der Waals surface area contributed by atoms with Gasteiger partial charge in [0.25, 0.3) is 0 Å². The van der Waals surface area contributed by atoms with Crippen LogP contribution in [0.4, 0.5) is 0 Å². The van der Waals surface area contributed by atoms with Crippen LogP contribution in [0.5, 0.6) is 0 Å². The maximum absolute atomic E-state index is 10.8. The van der Waals surface area contributed by atoms with E-state index < -0.39 is 5.97 Å². The lowest BCUT2D eigenvalue weighted by molar-refractivity contribution is 0.0697. The fourth-order valence-electron chi connectivity index (χ4n) is 1.45. The third-order valence-electron chi connectivity index (χ3n) is 2.71. The molecular weight excluding hydrogens is 286 g/mol. The minimum absolute atomic E-state index is 0.188. The monoisotopic (exact) mass is 297 g/mol. The molecule has 19 heavy (non-hydrogen) atoms. The van der Waals surface area contributed by atoms with Crippen molar-refractivity contribution in [3.8, 4) is 0 Å². The molecule has 1 heterocycles. The molecule has 5 nitrogen and oxygen atoms in total. The maximum Gasteiger partial charge on any atom is 0.335 e. The first-order chi connectivity index (χ1) is 8.99. The molecule has 1 N–H and O–H groups in total. The van der Waals surface area contributed by atoms with Crippen LogP contribution in [-0.4, -0.2) is 25.8 Å². The van der Waals surface area contributed by atoms with Crippen LogP contribution in [0.2, 0.25) is 5.02 Å². The highest BCUT2D eigenvalue weighted by atomic mass is 35.5. The number of nitrogens with zero attached hydrogens (tertiary/aromatic N) is 3. The zero-order chi connectivity index (χ0) is 14.0. The van der Waals surface area contributed by atoms with Crippen LogP contribution in [0.1, 0.15) is 21.7 Å². The van der Waals surface area contributed by atoms with Gasteiger partial charge in [0.05, 0.1) is 5.56 Å². The molecule has 0 bridgehead atoms. The normalized spacial score (nSPS) is 10.7. The highest BCUT2D eigenvalue weighted by Gasteiger charge is 2.10. The number of halogens is 1. The molecule has 0 aliphatic heterocycles. The summed E-state index contributed by atoms with van der Waals surface area (Å²) in [5.41, 5.74) is 1.06. The van der Waals surface area contributed by atoms with Gasteiger partial charge in [0, 0.05) is 17.8 Å². The van der Waals surface area contributed by atoms with E-state index in [1.54, 1.807) is 12.1 Å². The summed E-state index contributed by atoms with van der Waals surface area (Å²) in [5, 5.41) is 18.1. The number of carbonyl (C=O) groups is 1. The number of hydrogen-bond donors (Lipinski definition) is 1. The van der Waals surface area contributed by atoms with Gasteiger partial charge in [0.2, 0.25) is 0 Å². The maximum atomic E-state index is 10.8. The van der Waals surface area contributed by atoms with Gasteiger partial charge in [-0.05, 0) is 24.6 Å². The number of aromatic nitrogens is 3. The summed E-state index contributed by atoms with van der Waals surface area (Å²) in [6.07, 6.45) is 0. The first-order valence-electron chi connectivity index (χ1n) is 5.49. The zero-order valence-corrected chi connectivity index (χ0v) is 12.0. The molecule has 0 fully saturated rings. The predicted molar refractivity (Wildman–Crippen MR) is 73.7 cm³/mol. The lowest BCUT2D eigenvalue weighted by Gasteiger charge is -2.05. The van der Waals surface area contributed by atoms with E-state index in [-0.39, 0.29) is 5.56 Å². The lowest BCUT2D eigenvalue weighted by Crippen LogP contribution is -1.97. The Balaban J connectivity index is 2.12. The van der Waals surface area contributed by atoms with Crippen molar-refractivity contribution in [3.63, 3.8) is 0 Å². The number of carboxylic acid groups (broad SMARTS) is 1. The fourth-order valence-corrected chi connectivity index (χ4v) is 2.74. The Hall–Kier alpha value is -1.53. The third-order valence-corrected chi connectivity index (χ3v) is 4.13. The first kappa shape index (κ1) is 13.9. The summed E-state index contributed by atoms with van der Waals surface area (Å²) >= 11 is 7.57. The third kappa shape index (κ3) is 3.08. The molecule has 0 atom stereocenters. The average molecular weight is 298 g/mol. The van der Waals surface area contributed by atoms with Crippen molar-refractivity contribution in [2.45, 2.75) is 17.8 Å². The Bertz CT molecular complexity index is 627. The van der Waals surface area contributed by atoms with Gasteiger partial charge in [0.1, 0.15) is 5.82 Å². The fraction of sp³-hybridized carbons (Fsp3) is 0.250. The van der Waals surface area contributed by atoms with E-state index in [9.17, 15) is 4.79 Å². The Labute approximate surface area is 119 Å². The van der Waals surface area contributed by atoms with Crippen LogP contribution in [0.3, 0.4) is 0 Å². The minimum atomic E-state index is -0.981. The molecule has 0 radical (unpaired) electrons. The van der Waals surface area contributed by atoms with Crippen molar-refractivity contribution >= 4 is 29.3 Å². The summed E-state index contributed by atoms with van der Waals surface area (Å²) in [7, 11) is 1.90. The molecule has 1 aromatic heterocycles. The largest absolute Gasteiger partial charge is 0.478 e.